The molecule has 1 N–H and O–H groups in total. The molecule has 0 aromatic heterocycles. The molecule has 6 atom stereocenters. The van der Waals surface area contributed by atoms with E-state index in [0.29, 0.717) is 55.8 Å². The summed E-state index contributed by atoms with van der Waals surface area (Å²) in [6, 6.07) is 6.13. The highest BCUT2D eigenvalue weighted by Gasteiger charge is 2.80. The Bertz CT molecular complexity index is 1140. The van der Waals surface area contributed by atoms with Gasteiger partial charge >= 0.3 is 5.97 Å². The topological polar surface area (TPSA) is 96.4 Å². The highest BCUT2D eigenvalue weighted by molar-refractivity contribution is 6.34. The van der Waals surface area contributed by atoms with Crippen LogP contribution in [0.15, 0.2) is 49.6 Å². The lowest BCUT2D eigenvalue weighted by atomic mass is 9.62. The number of allylic oxidation sites excluding steroid dienone is 1. The van der Waals surface area contributed by atoms with Crippen molar-refractivity contribution in [2.24, 2.45) is 17.8 Å². The van der Waals surface area contributed by atoms with Crippen LogP contribution in [0.25, 0.3) is 0 Å². The van der Waals surface area contributed by atoms with Crippen LogP contribution >= 0.6 is 11.6 Å². The number of anilines is 1. The van der Waals surface area contributed by atoms with Gasteiger partial charge < -0.3 is 24.4 Å². The van der Waals surface area contributed by atoms with Crippen molar-refractivity contribution in [2.45, 2.75) is 69.6 Å². The molecule has 2 amide bonds. The standard InChI is InChI=1S/C31H41ClN2O6/c1-5-7-13-19-39-29(38)25-24-27(36)34(17-11-8-12-18-35)26(31(24)20-21(3)30(25,4)40-31)28(37)33(16-6-2)23-15-10-9-14-22(23)32/h5-6,9-10,14-15,21,24-26,35H,1-2,7-8,11-13,16-20H2,3-4H3/t21?,24-,25+,26?,30-,31?/m0/s1. The number of nitrogens with zero attached hydrogens (tertiary/aromatic N) is 2. The van der Waals surface area contributed by atoms with Crippen LogP contribution < -0.4 is 4.90 Å². The van der Waals surface area contributed by atoms with Crippen molar-refractivity contribution >= 4 is 35.1 Å². The number of para-hydroxylation sites is 1. The molecule has 3 unspecified atom stereocenters. The van der Waals surface area contributed by atoms with Gasteiger partial charge in [0.05, 0.1) is 28.8 Å². The number of halogens is 1. The summed E-state index contributed by atoms with van der Waals surface area (Å²) in [4.78, 5) is 45.5. The SMILES string of the molecule is C=CCCCOC(=O)[C@H]1[C@H]2C(=O)N(CCCCCO)C(C(=O)N(CC=C)c3ccccc3Cl)C23CC(C)[C@]1(C)O3. The molecule has 3 aliphatic heterocycles. The van der Waals surface area contributed by atoms with E-state index in [4.69, 9.17) is 21.1 Å². The molecule has 2 bridgehead atoms. The predicted octanol–water partition coefficient (Wildman–Crippen LogP) is 4.54. The van der Waals surface area contributed by atoms with Gasteiger partial charge in [0.25, 0.3) is 5.91 Å². The van der Waals surface area contributed by atoms with Crippen molar-refractivity contribution in [3.05, 3.63) is 54.6 Å². The molecule has 9 heteroatoms. The highest BCUT2D eigenvalue weighted by Crippen LogP contribution is 2.65. The number of amides is 2. The van der Waals surface area contributed by atoms with Gasteiger partial charge in [0, 0.05) is 19.7 Å². The monoisotopic (exact) mass is 572 g/mol. The van der Waals surface area contributed by atoms with E-state index in [1.54, 1.807) is 46.2 Å². The minimum absolute atomic E-state index is 0.0568. The third-order valence-corrected chi connectivity index (χ3v) is 9.20. The minimum Gasteiger partial charge on any atom is -0.465 e. The first-order valence-electron chi connectivity index (χ1n) is 14.2. The second-order valence-corrected chi connectivity index (χ2v) is 11.7. The van der Waals surface area contributed by atoms with Crippen LogP contribution in [-0.4, -0.2) is 71.3 Å². The quantitative estimate of drug-likeness (QED) is 0.200. The summed E-state index contributed by atoms with van der Waals surface area (Å²) in [6.07, 6.45) is 7.13. The van der Waals surface area contributed by atoms with Gasteiger partial charge in [-0.1, -0.05) is 42.8 Å². The molecule has 0 aliphatic carbocycles. The van der Waals surface area contributed by atoms with Crippen molar-refractivity contribution in [1.29, 1.82) is 0 Å². The highest BCUT2D eigenvalue weighted by atomic mass is 35.5. The summed E-state index contributed by atoms with van der Waals surface area (Å²) >= 11 is 6.53. The van der Waals surface area contributed by atoms with Gasteiger partial charge in [0.15, 0.2) is 0 Å². The van der Waals surface area contributed by atoms with E-state index in [1.165, 1.54) is 0 Å². The number of aliphatic hydroxyl groups is 1. The molecule has 0 saturated carbocycles. The molecule has 0 radical (unpaired) electrons. The zero-order valence-corrected chi connectivity index (χ0v) is 24.3. The van der Waals surface area contributed by atoms with Crippen LogP contribution in [0.5, 0.6) is 0 Å². The van der Waals surface area contributed by atoms with Crippen LogP contribution in [0.3, 0.4) is 0 Å². The van der Waals surface area contributed by atoms with E-state index >= 15 is 0 Å². The van der Waals surface area contributed by atoms with E-state index < -0.39 is 35.0 Å². The molecule has 1 aromatic rings. The van der Waals surface area contributed by atoms with Crippen LogP contribution in [0.4, 0.5) is 5.69 Å². The number of ether oxygens (including phenoxy) is 2. The van der Waals surface area contributed by atoms with Gasteiger partial charge in [0.1, 0.15) is 17.6 Å². The average Bonchev–Trinajstić information content (AvgIpc) is 3.44. The zero-order chi connectivity index (χ0) is 29.1. The number of aliphatic hydroxyl groups excluding tert-OH is 1. The summed E-state index contributed by atoms with van der Waals surface area (Å²) in [5.74, 6) is -2.77. The number of rotatable bonds is 14. The maximum Gasteiger partial charge on any atom is 0.312 e. The van der Waals surface area contributed by atoms with Crippen molar-refractivity contribution in [1.82, 2.24) is 4.90 Å². The summed E-state index contributed by atoms with van der Waals surface area (Å²) in [5, 5.41) is 9.67. The third-order valence-electron chi connectivity index (χ3n) is 8.88. The number of fused-ring (bicyclic) bond motifs is 1. The Balaban J connectivity index is 1.75. The van der Waals surface area contributed by atoms with Gasteiger partial charge in [-0.3, -0.25) is 14.4 Å². The summed E-state index contributed by atoms with van der Waals surface area (Å²) in [7, 11) is 0. The predicted molar refractivity (Wildman–Crippen MR) is 154 cm³/mol. The Hall–Kier alpha value is -2.68. The third kappa shape index (κ3) is 5.10. The number of benzene rings is 1. The molecule has 1 aromatic carbocycles. The fourth-order valence-electron chi connectivity index (χ4n) is 6.93. The summed E-state index contributed by atoms with van der Waals surface area (Å²) < 4.78 is 12.4. The van der Waals surface area contributed by atoms with Gasteiger partial charge in [-0.2, -0.15) is 0 Å². The van der Waals surface area contributed by atoms with E-state index in [-0.39, 0.29) is 37.5 Å². The van der Waals surface area contributed by atoms with Crippen molar-refractivity contribution in [3.8, 4) is 0 Å². The van der Waals surface area contributed by atoms with Crippen molar-refractivity contribution in [3.63, 3.8) is 0 Å². The van der Waals surface area contributed by atoms with Crippen LogP contribution in [-0.2, 0) is 23.9 Å². The first-order valence-corrected chi connectivity index (χ1v) is 14.6. The summed E-state index contributed by atoms with van der Waals surface area (Å²) in [5.41, 5.74) is -1.60. The lowest BCUT2D eigenvalue weighted by molar-refractivity contribution is -0.161. The molecular weight excluding hydrogens is 532 g/mol. The molecule has 4 rings (SSSR count). The van der Waals surface area contributed by atoms with Crippen LogP contribution in [0.1, 0.15) is 52.4 Å². The summed E-state index contributed by atoms with van der Waals surface area (Å²) in [6.45, 7) is 12.2. The Morgan fingerprint density at radius 2 is 1.98 bits per heavy atom. The Morgan fingerprint density at radius 3 is 2.65 bits per heavy atom. The molecule has 8 nitrogen and oxygen atoms in total. The number of unbranched alkanes of at least 4 members (excludes halogenated alkanes) is 3. The molecule has 3 saturated heterocycles. The van der Waals surface area contributed by atoms with E-state index in [9.17, 15) is 19.5 Å². The Morgan fingerprint density at radius 1 is 1.23 bits per heavy atom. The molecule has 3 aliphatic rings. The molecule has 3 heterocycles. The fourth-order valence-corrected chi connectivity index (χ4v) is 7.17. The normalized spacial score (nSPS) is 30.3. The minimum atomic E-state index is -1.18. The number of carbonyl (C=O) groups is 3. The maximum absolute atomic E-state index is 14.6. The number of hydrogen-bond donors (Lipinski definition) is 1. The number of carbonyl (C=O) groups excluding carboxylic acids is 3. The second kappa shape index (κ2) is 12.5. The van der Waals surface area contributed by atoms with E-state index in [0.717, 1.165) is 0 Å². The lowest BCUT2D eigenvalue weighted by Gasteiger charge is -2.37. The van der Waals surface area contributed by atoms with E-state index in [1.807, 2.05) is 13.8 Å². The first kappa shape index (κ1) is 30.3. The van der Waals surface area contributed by atoms with Gasteiger partial charge in [-0.25, -0.2) is 0 Å². The zero-order valence-electron chi connectivity index (χ0n) is 23.5. The van der Waals surface area contributed by atoms with Crippen molar-refractivity contribution < 1.29 is 29.0 Å². The number of esters is 1. The number of likely N-dealkylation sites (tertiary alicyclic amines) is 1. The van der Waals surface area contributed by atoms with Crippen LogP contribution in [0, 0.1) is 17.8 Å². The fraction of sp³-hybridized carbons (Fsp3) is 0.581. The first-order chi connectivity index (χ1) is 19.2. The van der Waals surface area contributed by atoms with Crippen LogP contribution in [0.2, 0.25) is 5.02 Å². The lowest BCUT2D eigenvalue weighted by Crippen LogP contribution is -2.57. The Kier molecular flexibility index (Phi) is 9.43. The van der Waals surface area contributed by atoms with Gasteiger partial charge in [-0.15, -0.1) is 13.2 Å². The average molecular weight is 573 g/mol. The van der Waals surface area contributed by atoms with Crippen molar-refractivity contribution in [2.75, 3.05) is 31.2 Å². The molecule has 3 fully saturated rings. The maximum atomic E-state index is 14.6. The van der Waals surface area contributed by atoms with Gasteiger partial charge in [0.2, 0.25) is 5.91 Å². The van der Waals surface area contributed by atoms with E-state index in [2.05, 4.69) is 13.2 Å². The second-order valence-electron chi connectivity index (χ2n) is 11.3. The van der Waals surface area contributed by atoms with Gasteiger partial charge in [-0.05, 0) is 63.5 Å². The molecular formula is C31H41ClN2O6. The smallest absolute Gasteiger partial charge is 0.312 e. The molecule has 40 heavy (non-hydrogen) atoms. The largest absolute Gasteiger partial charge is 0.465 e. The molecule has 218 valence electrons. The molecule has 1 spiro atoms. The Labute approximate surface area is 241 Å². The number of hydrogen-bond acceptors (Lipinski definition) is 6.